The monoisotopic (exact) mass is 483 g/mol. The van der Waals surface area contributed by atoms with Gasteiger partial charge in [-0.2, -0.15) is 28.6 Å². The Hall–Kier alpha value is -4.27. The quantitative estimate of drug-likeness (QED) is 0.571. The number of nitrogens with zero attached hydrogens (tertiary/aromatic N) is 6. The number of rotatable bonds is 6. The number of halogens is 3. The molecule has 0 aliphatic carbocycles. The lowest BCUT2D eigenvalue weighted by atomic mass is 10.1. The first-order valence-electron chi connectivity index (χ1n) is 10.8. The van der Waals surface area contributed by atoms with E-state index in [4.69, 9.17) is 5.26 Å². The van der Waals surface area contributed by atoms with Crippen LogP contribution in [-0.2, 0) is 13.0 Å². The van der Waals surface area contributed by atoms with Gasteiger partial charge in [0.2, 0.25) is 0 Å². The zero-order chi connectivity index (χ0) is 25.2. The fourth-order valence-corrected chi connectivity index (χ4v) is 3.84. The van der Waals surface area contributed by atoms with Crippen LogP contribution in [0.5, 0.6) is 0 Å². The number of fused-ring (bicyclic) bond motifs is 1. The van der Waals surface area contributed by atoms with Gasteiger partial charge in [-0.1, -0.05) is 6.07 Å². The third-order valence-electron chi connectivity index (χ3n) is 5.48. The number of hydrogen-bond donors (Lipinski definition) is 1. The minimum atomic E-state index is -4.23. The van der Waals surface area contributed by atoms with E-state index < -0.39 is 24.4 Å². The third kappa shape index (κ3) is 5.29. The van der Waals surface area contributed by atoms with Crippen molar-refractivity contribution < 1.29 is 22.8 Å². The Bertz CT molecular complexity index is 1300. The average Bonchev–Trinajstić information content (AvgIpc) is 3.23. The van der Waals surface area contributed by atoms with Crippen LogP contribution >= 0.6 is 0 Å². The number of nitriles is 1. The maximum Gasteiger partial charge on any atom is 0.389 e. The van der Waals surface area contributed by atoms with Crippen LogP contribution in [0.15, 0.2) is 42.6 Å². The molecule has 1 N–H and O–H groups in total. The minimum Gasteiger partial charge on any atom is -0.322 e. The molecule has 2 aromatic heterocycles. The van der Waals surface area contributed by atoms with Crippen LogP contribution in [0.1, 0.15) is 51.9 Å². The molecule has 3 heterocycles. The minimum absolute atomic E-state index is 0.0611. The molecule has 0 bridgehead atoms. The molecule has 9 nitrogen and oxygen atoms in total. The molecule has 0 unspecified atom stereocenters. The van der Waals surface area contributed by atoms with Crippen molar-refractivity contribution in [1.29, 1.82) is 5.26 Å². The molecule has 1 atom stereocenters. The number of nitrogens with one attached hydrogen (secondary N) is 1. The molecule has 1 aromatic carbocycles. The van der Waals surface area contributed by atoms with Crippen molar-refractivity contribution in [1.82, 2.24) is 20.0 Å². The molecule has 180 valence electrons. The standard InChI is InChI=1S/C23H20F3N7O2/c1-14-13-32-20(18(12-28-32)21(34)29-17-5-2-4-15(10-17)11-27)22(35)33(14)19-8-7-16(30-31-19)6-3-9-23(24,25)26/h2,4-5,7-8,10,12,14H,3,6,9,13H2,1H3,(H,29,34)/t14-/m0/s1. The van der Waals surface area contributed by atoms with E-state index in [1.54, 1.807) is 31.2 Å². The Kier molecular flexibility index (Phi) is 6.50. The summed E-state index contributed by atoms with van der Waals surface area (Å²) in [4.78, 5) is 27.7. The predicted molar refractivity (Wildman–Crippen MR) is 119 cm³/mol. The molecule has 35 heavy (non-hydrogen) atoms. The Morgan fingerprint density at radius 2 is 2.06 bits per heavy atom. The summed E-state index contributed by atoms with van der Waals surface area (Å²) < 4.78 is 38.5. The summed E-state index contributed by atoms with van der Waals surface area (Å²) in [5.74, 6) is -0.839. The predicted octanol–water partition coefficient (Wildman–Crippen LogP) is 3.73. The molecule has 12 heteroatoms. The van der Waals surface area contributed by atoms with Gasteiger partial charge in [0.05, 0.1) is 41.7 Å². The number of benzene rings is 1. The van der Waals surface area contributed by atoms with Gasteiger partial charge in [0.1, 0.15) is 5.69 Å². The van der Waals surface area contributed by atoms with Crippen molar-refractivity contribution in [3.8, 4) is 6.07 Å². The second-order valence-electron chi connectivity index (χ2n) is 8.11. The molecule has 0 saturated heterocycles. The second kappa shape index (κ2) is 9.54. The van der Waals surface area contributed by atoms with E-state index >= 15 is 0 Å². The molecule has 1 aliphatic rings. The van der Waals surface area contributed by atoms with Crippen molar-refractivity contribution in [3.05, 3.63) is 65.1 Å². The summed E-state index contributed by atoms with van der Waals surface area (Å²) in [7, 11) is 0. The second-order valence-corrected chi connectivity index (χ2v) is 8.11. The molecule has 4 rings (SSSR count). The van der Waals surface area contributed by atoms with Gasteiger partial charge in [-0.05, 0) is 50.1 Å². The van der Waals surface area contributed by atoms with Crippen LogP contribution in [0.25, 0.3) is 0 Å². The normalized spacial score (nSPS) is 15.5. The van der Waals surface area contributed by atoms with E-state index in [2.05, 4.69) is 20.6 Å². The third-order valence-corrected chi connectivity index (χ3v) is 5.48. The Labute approximate surface area is 198 Å². The van der Waals surface area contributed by atoms with Crippen molar-refractivity contribution in [2.75, 3.05) is 10.2 Å². The van der Waals surface area contributed by atoms with Gasteiger partial charge in [-0.3, -0.25) is 19.2 Å². The molecule has 0 fully saturated rings. The highest BCUT2D eigenvalue weighted by Gasteiger charge is 2.36. The fourth-order valence-electron chi connectivity index (χ4n) is 3.84. The molecule has 0 radical (unpaired) electrons. The van der Waals surface area contributed by atoms with E-state index in [1.165, 1.54) is 27.9 Å². The van der Waals surface area contributed by atoms with Crippen molar-refractivity contribution in [2.45, 2.75) is 44.9 Å². The van der Waals surface area contributed by atoms with Crippen LogP contribution in [0.3, 0.4) is 0 Å². The Balaban J connectivity index is 1.53. The smallest absolute Gasteiger partial charge is 0.322 e. The summed E-state index contributed by atoms with van der Waals surface area (Å²) >= 11 is 0. The number of aryl methyl sites for hydroxylation is 1. The van der Waals surface area contributed by atoms with Gasteiger partial charge < -0.3 is 5.32 Å². The lowest BCUT2D eigenvalue weighted by Crippen LogP contribution is -2.48. The summed E-state index contributed by atoms with van der Waals surface area (Å²) in [6.07, 6.45) is -3.82. The maximum atomic E-state index is 13.4. The first-order chi connectivity index (χ1) is 16.7. The van der Waals surface area contributed by atoms with Crippen LogP contribution in [-0.4, -0.2) is 44.0 Å². The van der Waals surface area contributed by atoms with Gasteiger partial charge >= 0.3 is 6.18 Å². The van der Waals surface area contributed by atoms with Gasteiger partial charge in [-0.15, -0.1) is 5.10 Å². The molecule has 0 saturated carbocycles. The fraction of sp³-hybridized carbons (Fsp3) is 0.304. The molecule has 3 aromatic rings. The van der Waals surface area contributed by atoms with Crippen LogP contribution in [0, 0.1) is 11.3 Å². The molecule has 0 spiro atoms. The van der Waals surface area contributed by atoms with Crippen molar-refractivity contribution in [3.63, 3.8) is 0 Å². The Morgan fingerprint density at radius 3 is 2.74 bits per heavy atom. The molecular weight excluding hydrogens is 463 g/mol. The summed E-state index contributed by atoms with van der Waals surface area (Å²) in [5, 5.41) is 23.9. The topological polar surface area (TPSA) is 117 Å². The molecule has 1 aliphatic heterocycles. The average molecular weight is 483 g/mol. The Morgan fingerprint density at radius 1 is 1.26 bits per heavy atom. The van der Waals surface area contributed by atoms with Crippen LogP contribution in [0.4, 0.5) is 24.7 Å². The van der Waals surface area contributed by atoms with E-state index in [1.807, 2.05) is 6.07 Å². The first kappa shape index (κ1) is 23.9. The van der Waals surface area contributed by atoms with Gasteiger partial charge in [0.15, 0.2) is 5.82 Å². The van der Waals surface area contributed by atoms with E-state index in [-0.39, 0.29) is 36.0 Å². The van der Waals surface area contributed by atoms with Crippen molar-refractivity contribution >= 4 is 23.3 Å². The number of alkyl halides is 3. The number of carbonyl (C=O) groups excluding carboxylic acids is 2. The summed E-state index contributed by atoms with van der Waals surface area (Å²) in [6.45, 7) is 2.09. The largest absolute Gasteiger partial charge is 0.389 e. The van der Waals surface area contributed by atoms with Gasteiger partial charge in [-0.25, -0.2) is 0 Å². The molecule has 2 amide bonds. The highest BCUT2D eigenvalue weighted by Crippen LogP contribution is 2.26. The van der Waals surface area contributed by atoms with E-state index in [0.717, 1.165) is 0 Å². The number of aromatic nitrogens is 4. The number of amides is 2. The SMILES string of the molecule is C[C@H]1Cn2ncc(C(=O)Nc3cccc(C#N)c3)c2C(=O)N1c1ccc(CCCC(F)(F)F)nn1. The van der Waals surface area contributed by atoms with Gasteiger partial charge in [0, 0.05) is 12.1 Å². The van der Waals surface area contributed by atoms with E-state index in [9.17, 15) is 22.8 Å². The van der Waals surface area contributed by atoms with Crippen LogP contribution < -0.4 is 10.2 Å². The molecular formula is C23H20F3N7O2. The lowest BCUT2D eigenvalue weighted by Gasteiger charge is -2.32. The highest BCUT2D eigenvalue weighted by molar-refractivity contribution is 6.15. The lowest BCUT2D eigenvalue weighted by molar-refractivity contribution is -0.135. The number of anilines is 2. The summed E-state index contributed by atoms with van der Waals surface area (Å²) in [6, 6.07) is 11.1. The maximum absolute atomic E-state index is 13.4. The van der Waals surface area contributed by atoms with Gasteiger partial charge in [0.25, 0.3) is 11.8 Å². The van der Waals surface area contributed by atoms with Crippen molar-refractivity contribution in [2.24, 2.45) is 0 Å². The highest BCUT2D eigenvalue weighted by atomic mass is 19.4. The first-order valence-corrected chi connectivity index (χ1v) is 10.8. The summed E-state index contributed by atoms with van der Waals surface area (Å²) in [5.41, 5.74) is 1.30. The zero-order valence-electron chi connectivity index (χ0n) is 18.6. The van der Waals surface area contributed by atoms with E-state index in [0.29, 0.717) is 23.5 Å². The number of carbonyl (C=O) groups is 2. The zero-order valence-corrected chi connectivity index (χ0v) is 18.6. The van der Waals surface area contributed by atoms with Crippen LogP contribution in [0.2, 0.25) is 0 Å². The number of hydrogen-bond acceptors (Lipinski definition) is 6.